The Morgan fingerprint density at radius 2 is 1.68 bits per heavy atom. The highest BCUT2D eigenvalue weighted by molar-refractivity contribution is 5.95. The molecule has 0 spiro atoms. The molecule has 0 saturated carbocycles. The van der Waals surface area contributed by atoms with Gasteiger partial charge in [-0.05, 0) is 43.2 Å². The number of anilines is 1. The maximum atomic E-state index is 13.7. The van der Waals surface area contributed by atoms with Gasteiger partial charge in [0, 0.05) is 24.7 Å². The molecule has 0 atom stereocenters. The zero-order valence-corrected chi connectivity index (χ0v) is 13.5. The normalized spacial score (nSPS) is 15.0. The van der Waals surface area contributed by atoms with Crippen LogP contribution in [0.25, 0.3) is 0 Å². The van der Waals surface area contributed by atoms with Gasteiger partial charge in [0.1, 0.15) is 11.6 Å². The van der Waals surface area contributed by atoms with Gasteiger partial charge in [-0.3, -0.25) is 9.59 Å². The third-order valence-corrected chi connectivity index (χ3v) is 4.35. The molecule has 1 aliphatic rings. The number of hydrogen-bond donors (Lipinski definition) is 1. The molecule has 0 unspecified atom stereocenters. The first-order valence-corrected chi connectivity index (χ1v) is 8.15. The van der Waals surface area contributed by atoms with Crippen LogP contribution >= 0.6 is 0 Å². The Balaban J connectivity index is 1.59. The smallest absolute Gasteiger partial charge is 0.256 e. The minimum Gasteiger partial charge on any atom is -0.339 e. The number of nitrogens with zero attached hydrogens (tertiary/aromatic N) is 1. The van der Waals surface area contributed by atoms with Crippen molar-refractivity contribution in [1.29, 1.82) is 0 Å². The summed E-state index contributed by atoms with van der Waals surface area (Å²) in [6, 6.07) is 12.0. The number of rotatable bonds is 3. The van der Waals surface area contributed by atoms with Crippen LogP contribution in [0.2, 0.25) is 0 Å². The predicted molar refractivity (Wildman–Crippen MR) is 90.1 cm³/mol. The van der Waals surface area contributed by atoms with Gasteiger partial charge in [0.05, 0.1) is 5.56 Å². The highest BCUT2D eigenvalue weighted by Gasteiger charge is 2.29. The Labute approximate surface area is 144 Å². The lowest BCUT2D eigenvalue weighted by atomic mass is 9.95. The van der Waals surface area contributed by atoms with Crippen LogP contribution in [0.5, 0.6) is 0 Å². The lowest BCUT2D eigenvalue weighted by Crippen LogP contribution is -2.41. The van der Waals surface area contributed by atoms with E-state index in [4.69, 9.17) is 0 Å². The molecule has 1 heterocycles. The minimum atomic E-state index is -0.740. The van der Waals surface area contributed by atoms with Crippen molar-refractivity contribution in [3.8, 4) is 0 Å². The van der Waals surface area contributed by atoms with E-state index in [1.54, 1.807) is 0 Å². The fourth-order valence-electron chi connectivity index (χ4n) is 2.94. The van der Waals surface area contributed by atoms with Crippen molar-refractivity contribution < 1.29 is 18.4 Å². The molecule has 3 rings (SSSR count). The summed E-state index contributed by atoms with van der Waals surface area (Å²) < 4.78 is 27.0. The summed E-state index contributed by atoms with van der Waals surface area (Å²) in [5.41, 5.74) is 0.458. The van der Waals surface area contributed by atoms with Crippen molar-refractivity contribution in [3.05, 3.63) is 65.7 Å². The van der Waals surface area contributed by atoms with E-state index in [9.17, 15) is 18.4 Å². The highest BCUT2D eigenvalue weighted by atomic mass is 19.1. The number of carbonyl (C=O) groups excluding carboxylic acids is 2. The Morgan fingerprint density at radius 3 is 2.36 bits per heavy atom. The summed E-state index contributed by atoms with van der Waals surface area (Å²) in [6.07, 6.45) is 0.975. The van der Waals surface area contributed by atoms with E-state index in [1.165, 1.54) is 4.90 Å². The largest absolute Gasteiger partial charge is 0.339 e. The van der Waals surface area contributed by atoms with Crippen molar-refractivity contribution in [3.63, 3.8) is 0 Å². The van der Waals surface area contributed by atoms with Gasteiger partial charge in [-0.15, -0.1) is 0 Å². The Kier molecular flexibility index (Phi) is 5.07. The van der Waals surface area contributed by atoms with Crippen molar-refractivity contribution >= 4 is 17.5 Å². The molecule has 2 amide bonds. The number of likely N-dealkylation sites (tertiary alicyclic amines) is 1. The van der Waals surface area contributed by atoms with Gasteiger partial charge in [-0.25, -0.2) is 8.78 Å². The molecule has 2 aromatic carbocycles. The summed E-state index contributed by atoms with van der Waals surface area (Å²) in [4.78, 5) is 26.1. The molecule has 1 fully saturated rings. The van der Waals surface area contributed by atoms with Crippen LogP contribution in [-0.4, -0.2) is 29.8 Å². The SMILES string of the molecule is O=C(Nc1ccccc1)C1CCN(C(=O)c2cc(F)ccc2F)CC1. The molecular formula is C19H18F2N2O2. The second-order valence-corrected chi connectivity index (χ2v) is 6.05. The predicted octanol–water partition coefficient (Wildman–Crippen LogP) is 3.46. The molecule has 4 nitrogen and oxygen atoms in total. The van der Waals surface area contributed by atoms with Gasteiger partial charge in [-0.1, -0.05) is 18.2 Å². The second kappa shape index (κ2) is 7.42. The molecule has 1 saturated heterocycles. The third-order valence-electron chi connectivity index (χ3n) is 4.35. The van der Waals surface area contributed by atoms with Crippen LogP contribution < -0.4 is 5.32 Å². The standard InChI is InChI=1S/C19H18F2N2O2/c20-14-6-7-17(21)16(12-14)19(25)23-10-8-13(9-11-23)18(24)22-15-4-2-1-3-5-15/h1-7,12-13H,8-11H2,(H,22,24). The highest BCUT2D eigenvalue weighted by Crippen LogP contribution is 2.22. The van der Waals surface area contributed by atoms with Gasteiger partial charge >= 0.3 is 0 Å². The van der Waals surface area contributed by atoms with Gasteiger partial charge in [-0.2, -0.15) is 0 Å². The monoisotopic (exact) mass is 344 g/mol. The molecule has 0 radical (unpaired) electrons. The van der Waals surface area contributed by atoms with E-state index in [2.05, 4.69) is 5.32 Å². The van der Waals surface area contributed by atoms with Crippen LogP contribution in [0.15, 0.2) is 48.5 Å². The summed E-state index contributed by atoms with van der Waals surface area (Å²) >= 11 is 0. The Hall–Kier alpha value is -2.76. The Morgan fingerprint density at radius 1 is 1.00 bits per heavy atom. The molecule has 1 N–H and O–H groups in total. The fourth-order valence-corrected chi connectivity index (χ4v) is 2.94. The zero-order valence-electron chi connectivity index (χ0n) is 13.5. The molecule has 25 heavy (non-hydrogen) atoms. The maximum Gasteiger partial charge on any atom is 0.256 e. The van der Waals surface area contributed by atoms with Crippen LogP contribution in [0.3, 0.4) is 0 Å². The first-order chi connectivity index (χ1) is 12.0. The number of hydrogen-bond acceptors (Lipinski definition) is 2. The van der Waals surface area contributed by atoms with E-state index < -0.39 is 17.5 Å². The van der Waals surface area contributed by atoms with Gasteiger partial charge in [0.2, 0.25) is 5.91 Å². The molecule has 130 valence electrons. The third kappa shape index (κ3) is 4.02. The average Bonchev–Trinajstić information content (AvgIpc) is 2.64. The van der Waals surface area contributed by atoms with E-state index in [0.29, 0.717) is 25.9 Å². The first-order valence-electron chi connectivity index (χ1n) is 8.15. The van der Waals surface area contributed by atoms with Crippen LogP contribution in [0.1, 0.15) is 23.2 Å². The van der Waals surface area contributed by atoms with E-state index in [1.807, 2.05) is 30.3 Å². The summed E-state index contributed by atoms with van der Waals surface area (Å²) in [5, 5.41) is 2.85. The fraction of sp³-hybridized carbons (Fsp3) is 0.263. The molecule has 2 aromatic rings. The number of para-hydroxylation sites is 1. The number of piperidine rings is 1. The van der Waals surface area contributed by atoms with Crippen molar-refractivity contribution in [2.24, 2.45) is 5.92 Å². The topological polar surface area (TPSA) is 49.4 Å². The van der Waals surface area contributed by atoms with Crippen molar-refractivity contribution in [2.75, 3.05) is 18.4 Å². The number of benzene rings is 2. The van der Waals surface area contributed by atoms with E-state index in [0.717, 1.165) is 23.9 Å². The van der Waals surface area contributed by atoms with Crippen molar-refractivity contribution in [2.45, 2.75) is 12.8 Å². The molecule has 0 bridgehead atoms. The number of halogens is 2. The van der Waals surface area contributed by atoms with Crippen LogP contribution in [0.4, 0.5) is 14.5 Å². The van der Waals surface area contributed by atoms with E-state index >= 15 is 0 Å². The lowest BCUT2D eigenvalue weighted by molar-refractivity contribution is -0.121. The van der Waals surface area contributed by atoms with E-state index in [-0.39, 0.29) is 17.4 Å². The summed E-state index contributed by atoms with van der Waals surface area (Å²) in [5.74, 6) is -2.23. The van der Waals surface area contributed by atoms with Crippen LogP contribution in [-0.2, 0) is 4.79 Å². The molecular weight excluding hydrogens is 326 g/mol. The lowest BCUT2D eigenvalue weighted by Gasteiger charge is -2.31. The Bertz CT molecular complexity index is 772. The average molecular weight is 344 g/mol. The van der Waals surface area contributed by atoms with Crippen molar-refractivity contribution in [1.82, 2.24) is 4.90 Å². The number of nitrogens with one attached hydrogen (secondary N) is 1. The molecule has 0 aromatic heterocycles. The number of amides is 2. The first kappa shape index (κ1) is 17.1. The molecule has 0 aliphatic carbocycles. The summed E-state index contributed by atoms with van der Waals surface area (Å²) in [6.45, 7) is 0.670. The molecule has 6 heteroatoms. The number of carbonyl (C=O) groups is 2. The van der Waals surface area contributed by atoms with Gasteiger partial charge in [0.15, 0.2) is 0 Å². The quantitative estimate of drug-likeness (QED) is 0.927. The maximum absolute atomic E-state index is 13.7. The van der Waals surface area contributed by atoms with Crippen LogP contribution in [0, 0.1) is 17.6 Å². The zero-order chi connectivity index (χ0) is 17.8. The second-order valence-electron chi connectivity index (χ2n) is 6.05. The molecule has 1 aliphatic heterocycles. The summed E-state index contributed by atoms with van der Waals surface area (Å²) in [7, 11) is 0. The van der Waals surface area contributed by atoms with Gasteiger partial charge < -0.3 is 10.2 Å². The van der Waals surface area contributed by atoms with Gasteiger partial charge in [0.25, 0.3) is 5.91 Å². The minimum absolute atomic E-state index is 0.0877.